The fourth-order valence-corrected chi connectivity index (χ4v) is 5.80. The van der Waals surface area contributed by atoms with Crippen LogP contribution in [0.25, 0.3) is 44.6 Å². The molecule has 1 aliphatic rings. The van der Waals surface area contributed by atoms with Crippen molar-refractivity contribution in [1.82, 2.24) is 4.98 Å². The van der Waals surface area contributed by atoms with Gasteiger partial charge in [-0.15, -0.1) is 0 Å². The Balaban J connectivity index is 1.50. The van der Waals surface area contributed by atoms with Crippen LogP contribution in [0, 0.1) is 0 Å². The summed E-state index contributed by atoms with van der Waals surface area (Å²) >= 11 is 3.52. The van der Waals surface area contributed by atoms with E-state index >= 15 is 0 Å². The first kappa shape index (κ1) is 25.1. The number of carbonyl (C=O) groups excluding carboxylic acids is 1. The number of phenolic OH excluding ortho intramolecular Hbond substituents is 1. The summed E-state index contributed by atoms with van der Waals surface area (Å²) in [5.41, 5.74) is 9.97. The number of halogens is 1. The normalized spacial score (nSPS) is 13.8. The second kappa shape index (κ2) is 10.5. The van der Waals surface area contributed by atoms with Crippen LogP contribution in [0.4, 0.5) is 0 Å². The highest BCUT2D eigenvalue weighted by molar-refractivity contribution is 9.10. The standard InChI is InChI=1S/C34H26BrNO3/c1-21(37)39-20-25-18-30-28(31-16-12-24(19-36-31)22-6-3-2-4-7-22)8-5-9-29(30)34-32(38)17-15-27(33(25)34)23-10-13-26(35)14-11-23/h2-17,19,25,38H,18,20H2,1H3. The molecule has 1 aromatic heterocycles. The first-order chi connectivity index (χ1) is 19.0. The molecule has 39 heavy (non-hydrogen) atoms. The molecule has 0 saturated heterocycles. The molecule has 1 aliphatic carbocycles. The summed E-state index contributed by atoms with van der Waals surface area (Å²) < 4.78 is 6.57. The third-order valence-corrected chi connectivity index (χ3v) is 7.85. The number of carbonyl (C=O) groups is 1. The highest BCUT2D eigenvalue weighted by atomic mass is 79.9. The van der Waals surface area contributed by atoms with Crippen molar-refractivity contribution in [3.8, 4) is 50.4 Å². The second-order valence-corrected chi connectivity index (χ2v) is 10.7. The number of benzene rings is 4. The minimum atomic E-state index is -0.320. The molecule has 0 aliphatic heterocycles. The van der Waals surface area contributed by atoms with E-state index in [0.29, 0.717) is 6.42 Å². The van der Waals surface area contributed by atoms with Crippen molar-refractivity contribution in [2.75, 3.05) is 6.61 Å². The van der Waals surface area contributed by atoms with Crippen LogP contribution in [-0.2, 0) is 16.0 Å². The first-order valence-electron chi connectivity index (χ1n) is 12.9. The summed E-state index contributed by atoms with van der Waals surface area (Å²) in [6, 6.07) is 32.3. The van der Waals surface area contributed by atoms with Gasteiger partial charge in [-0.05, 0) is 64.1 Å². The Hall–Kier alpha value is -4.22. The lowest BCUT2D eigenvalue weighted by Crippen LogP contribution is -2.20. The van der Waals surface area contributed by atoms with E-state index in [0.717, 1.165) is 60.2 Å². The van der Waals surface area contributed by atoms with Gasteiger partial charge in [-0.1, -0.05) is 88.7 Å². The van der Waals surface area contributed by atoms with E-state index in [1.807, 2.05) is 54.7 Å². The lowest BCUT2D eigenvalue weighted by atomic mass is 9.74. The number of pyridine rings is 1. The largest absolute Gasteiger partial charge is 0.507 e. The summed E-state index contributed by atoms with van der Waals surface area (Å²) in [5.74, 6) is -0.241. The molecule has 1 atom stereocenters. The van der Waals surface area contributed by atoms with Crippen LogP contribution in [0.15, 0.2) is 108 Å². The van der Waals surface area contributed by atoms with Crippen molar-refractivity contribution < 1.29 is 14.6 Å². The number of aromatic nitrogens is 1. The molecule has 0 spiro atoms. The van der Waals surface area contributed by atoms with Crippen LogP contribution in [0.1, 0.15) is 24.0 Å². The predicted octanol–water partition coefficient (Wildman–Crippen LogP) is 8.42. The maximum Gasteiger partial charge on any atom is 0.302 e. The van der Waals surface area contributed by atoms with E-state index in [1.165, 1.54) is 6.92 Å². The summed E-state index contributed by atoms with van der Waals surface area (Å²) in [5, 5.41) is 11.2. The zero-order valence-corrected chi connectivity index (χ0v) is 23.0. The molecule has 4 nitrogen and oxygen atoms in total. The fourth-order valence-electron chi connectivity index (χ4n) is 5.54. The van der Waals surface area contributed by atoms with Crippen molar-refractivity contribution >= 4 is 21.9 Å². The minimum absolute atomic E-state index is 0.133. The van der Waals surface area contributed by atoms with Crippen molar-refractivity contribution in [2.45, 2.75) is 19.3 Å². The van der Waals surface area contributed by atoms with E-state index in [9.17, 15) is 9.90 Å². The van der Waals surface area contributed by atoms with Crippen LogP contribution < -0.4 is 0 Å². The van der Waals surface area contributed by atoms with Gasteiger partial charge in [-0.2, -0.15) is 0 Å². The number of nitrogens with zero attached hydrogens (tertiary/aromatic N) is 1. The number of aromatic hydroxyl groups is 1. The first-order valence-corrected chi connectivity index (χ1v) is 13.7. The van der Waals surface area contributed by atoms with Crippen molar-refractivity contribution in [3.05, 3.63) is 119 Å². The van der Waals surface area contributed by atoms with Gasteiger partial charge in [-0.3, -0.25) is 9.78 Å². The quantitative estimate of drug-likeness (QED) is 0.214. The van der Waals surface area contributed by atoms with Gasteiger partial charge in [0.05, 0.1) is 12.3 Å². The number of phenols is 1. The predicted molar refractivity (Wildman–Crippen MR) is 158 cm³/mol. The Bertz CT molecular complexity index is 1660. The molecule has 1 N–H and O–H groups in total. The molecular formula is C34H26BrNO3. The number of rotatable bonds is 5. The SMILES string of the molecule is CC(=O)OCC1Cc2c(-c3ccc(-c4ccccc4)cn3)cccc2-c2c(O)ccc(-c3ccc(Br)cc3)c21. The molecular weight excluding hydrogens is 550 g/mol. The summed E-state index contributed by atoms with van der Waals surface area (Å²) in [7, 11) is 0. The number of ether oxygens (including phenoxy) is 1. The van der Waals surface area contributed by atoms with Crippen LogP contribution in [0.3, 0.4) is 0 Å². The maximum absolute atomic E-state index is 11.9. The molecule has 192 valence electrons. The van der Waals surface area contributed by atoms with Gasteiger partial charge < -0.3 is 9.84 Å². The summed E-state index contributed by atoms with van der Waals surface area (Å²) in [4.78, 5) is 16.7. The zero-order valence-electron chi connectivity index (χ0n) is 21.4. The van der Waals surface area contributed by atoms with E-state index in [4.69, 9.17) is 9.72 Å². The highest BCUT2D eigenvalue weighted by Gasteiger charge is 2.32. The zero-order chi connectivity index (χ0) is 26.9. The topological polar surface area (TPSA) is 59.4 Å². The molecule has 4 aromatic carbocycles. The molecule has 6 rings (SSSR count). The van der Waals surface area contributed by atoms with Gasteiger partial charge >= 0.3 is 5.97 Å². The van der Waals surface area contributed by atoms with Gasteiger partial charge in [-0.25, -0.2) is 0 Å². The van der Waals surface area contributed by atoms with Crippen molar-refractivity contribution in [3.63, 3.8) is 0 Å². The number of hydrogen-bond acceptors (Lipinski definition) is 4. The lowest BCUT2D eigenvalue weighted by Gasteiger charge is -2.31. The molecule has 1 unspecified atom stereocenters. The number of esters is 1. The van der Waals surface area contributed by atoms with Gasteiger partial charge in [0.15, 0.2) is 0 Å². The van der Waals surface area contributed by atoms with Crippen molar-refractivity contribution in [1.29, 1.82) is 0 Å². The molecule has 0 bridgehead atoms. The Labute approximate surface area is 236 Å². The van der Waals surface area contributed by atoms with Gasteiger partial charge in [0.1, 0.15) is 5.75 Å². The summed E-state index contributed by atoms with van der Waals surface area (Å²) in [6.07, 6.45) is 2.56. The maximum atomic E-state index is 11.9. The van der Waals surface area contributed by atoms with Gasteiger partial charge in [0.2, 0.25) is 0 Å². The Morgan fingerprint density at radius 3 is 2.31 bits per heavy atom. The van der Waals surface area contributed by atoms with Crippen LogP contribution >= 0.6 is 15.9 Å². The number of fused-ring (bicyclic) bond motifs is 3. The lowest BCUT2D eigenvalue weighted by molar-refractivity contribution is -0.141. The molecule has 0 saturated carbocycles. The molecule has 5 heteroatoms. The monoisotopic (exact) mass is 575 g/mol. The van der Waals surface area contributed by atoms with E-state index in [1.54, 1.807) is 6.07 Å². The Kier molecular flexibility index (Phi) is 6.76. The van der Waals surface area contributed by atoms with Gasteiger partial charge in [0, 0.05) is 40.2 Å². The molecule has 0 radical (unpaired) electrons. The Morgan fingerprint density at radius 2 is 1.59 bits per heavy atom. The average molecular weight is 576 g/mol. The second-order valence-electron chi connectivity index (χ2n) is 9.76. The van der Waals surface area contributed by atoms with E-state index in [-0.39, 0.29) is 24.2 Å². The molecule has 5 aromatic rings. The van der Waals surface area contributed by atoms with Crippen molar-refractivity contribution in [2.24, 2.45) is 0 Å². The van der Waals surface area contributed by atoms with Gasteiger partial charge in [0.25, 0.3) is 0 Å². The minimum Gasteiger partial charge on any atom is -0.507 e. The molecule has 0 fully saturated rings. The third kappa shape index (κ3) is 4.86. The van der Waals surface area contributed by atoms with E-state index in [2.05, 4.69) is 58.4 Å². The smallest absolute Gasteiger partial charge is 0.302 e. The highest BCUT2D eigenvalue weighted by Crippen LogP contribution is 2.50. The number of hydrogen-bond donors (Lipinski definition) is 1. The van der Waals surface area contributed by atoms with E-state index < -0.39 is 0 Å². The molecule has 0 amide bonds. The third-order valence-electron chi connectivity index (χ3n) is 7.32. The molecule has 1 heterocycles. The fraction of sp³-hybridized carbons (Fsp3) is 0.118. The van der Waals surface area contributed by atoms with Crippen LogP contribution in [0.2, 0.25) is 0 Å². The average Bonchev–Trinajstić information content (AvgIpc) is 2.97. The van der Waals surface area contributed by atoms with Crippen LogP contribution in [0.5, 0.6) is 5.75 Å². The summed E-state index contributed by atoms with van der Waals surface area (Å²) in [6.45, 7) is 1.66. The van der Waals surface area contributed by atoms with Crippen LogP contribution in [-0.4, -0.2) is 22.7 Å². The Morgan fingerprint density at radius 1 is 0.846 bits per heavy atom.